The molecule has 0 aliphatic carbocycles. The first-order valence-corrected chi connectivity index (χ1v) is 9.47. The highest BCUT2D eigenvalue weighted by Gasteiger charge is 2.30. The first-order chi connectivity index (χ1) is 14.3. The van der Waals surface area contributed by atoms with E-state index in [9.17, 15) is 13.2 Å². The lowest BCUT2D eigenvalue weighted by Gasteiger charge is -2.10. The highest BCUT2D eigenvalue weighted by Crippen LogP contribution is 2.35. The van der Waals surface area contributed by atoms with Gasteiger partial charge in [0, 0.05) is 17.5 Å². The number of halogens is 3. The van der Waals surface area contributed by atoms with Crippen LogP contribution >= 0.6 is 0 Å². The Morgan fingerprint density at radius 2 is 1.73 bits per heavy atom. The van der Waals surface area contributed by atoms with Gasteiger partial charge in [0.05, 0.1) is 17.7 Å². The Hall–Kier alpha value is -3.13. The second-order valence-electron chi connectivity index (χ2n) is 7.21. The van der Waals surface area contributed by atoms with E-state index in [1.165, 1.54) is 12.1 Å². The van der Waals surface area contributed by atoms with E-state index in [2.05, 4.69) is 14.9 Å². The molecule has 156 valence electrons. The Labute approximate surface area is 171 Å². The van der Waals surface area contributed by atoms with E-state index in [-0.39, 0.29) is 5.89 Å². The van der Waals surface area contributed by atoms with Gasteiger partial charge in [-0.25, -0.2) is 9.97 Å². The van der Waals surface area contributed by atoms with Crippen LogP contribution in [-0.2, 0) is 6.18 Å². The van der Waals surface area contributed by atoms with Crippen LogP contribution < -0.4 is 4.74 Å². The van der Waals surface area contributed by atoms with E-state index in [1.807, 2.05) is 38.4 Å². The van der Waals surface area contributed by atoms with Crippen LogP contribution in [0.4, 0.5) is 13.2 Å². The van der Waals surface area contributed by atoms with Gasteiger partial charge in [-0.2, -0.15) is 13.2 Å². The van der Waals surface area contributed by atoms with Gasteiger partial charge in [-0.05, 0) is 56.9 Å². The van der Waals surface area contributed by atoms with Gasteiger partial charge < -0.3 is 14.1 Å². The zero-order chi connectivity index (χ0) is 21.3. The fourth-order valence-electron chi connectivity index (χ4n) is 3.15. The Morgan fingerprint density at radius 3 is 2.43 bits per heavy atom. The lowest BCUT2D eigenvalue weighted by Crippen LogP contribution is -2.15. The maximum atomic E-state index is 12.8. The lowest BCUT2D eigenvalue weighted by atomic mass is 10.1. The maximum absolute atomic E-state index is 12.8. The lowest BCUT2D eigenvalue weighted by molar-refractivity contribution is -0.137. The smallest absolute Gasteiger partial charge is 0.416 e. The van der Waals surface area contributed by atoms with Crippen molar-refractivity contribution in [1.82, 2.24) is 14.9 Å². The summed E-state index contributed by atoms with van der Waals surface area (Å²) in [4.78, 5) is 11.1. The highest BCUT2D eigenvalue weighted by atomic mass is 19.4. The second-order valence-corrected chi connectivity index (χ2v) is 7.21. The van der Waals surface area contributed by atoms with Crippen LogP contribution in [0.1, 0.15) is 12.0 Å². The minimum Gasteiger partial charge on any atom is -0.476 e. The molecule has 0 N–H and O–H groups in total. The molecule has 0 saturated carbocycles. The molecule has 0 radical (unpaired) electrons. The van der Waals surface area contributed by atoms with Crippen molar-refractivity contribution in [2.24, 2.45) is 0 Å². The van der Waals surface area contributed by atoms with Gasteiger partial charge >= 0.3 is 6.18 Å². The van der Waals surface area contributed by atoms with Gasteiger partial charge in [-0.15, -0.1) is 0 Å². The van der Waals surface area contributed by atoms with Crippen LogP contribution in [0.5, 0.6) is 5.88 Å². The quantitative estimate of drug-likeness (QED) is 0.395. The van der Waals surface area contributed by atoms with Crippen LogP contribution in [0.25, 0.3) is 33.5 Å². The largest absolute Gasteiger partial charge is 0.476 e. The number of hydrogen-bond donors (Lipinski definition) is 0. The van der Waals surface area contributed by atoms with E-state index >= 15 is 0 Å². The predicted molar refractivity (Wildman–Crippen MR) is 108 cm³/mol. The minimum absolute atomic E-state index is 0.218. The van der Waals surface area contributed by atoms with Crippen molar-refractivity contribution in [3.05, 3.63) is 54.1 Å². The third-order valence-electron chi connectivity index (χ3n) is 4.65. The van der Waals surface area contributed by atoms with E-state index in [4.69, 9.17) is 9.15 Å². The fraction of sp³-hybridized carbons (Fsp3) is 0.273. The molecule has 5 nitrogen and oxygen atoms in total. The maximum Gasteiger partial charge on any atom is 0.416 e. The number of pyridine rings is 1. The molecule has 0 atom stereocenters. The van der Waals surface area contributed by atoms with Gasteiger partial charge in [0.1, 0.15) is 0 Å². The molecule has 0 spiro atoms. The standard InChI is InChI=1S/C22H20F3N3O2/c1-28(2)12-5-13-29-21-18-19(16-6-3-4-7-17(16)26-21)30-20(27-18)14-8-10-15(11-9-14)22(23,24)25/h3-4,6-11H,5,12-13H2,1-2H3. The Bertz CT molecular complexity index is 1170. The number of benzene rings is 2. The van der Waals surface area contributed by atoms with Crippen molar-refractivity contribution in [2.45, 2.75) is 12.6 Å². The first kappa shape index (κ1) is 20.2. The Kier molecular flexibility index (Phi) is 5.34. The third kappa shape index (κ3) is 4.09. The molecule has 2 aromatic carbocycles. The summed E-state index contributed by atoms with van der Waals surface area (Å²) >= 11 is 0. The van der Waals surface area contributed by atoms with Gasteiger partial charge in [0.2, 0.25) is 11.8 Å². The molecule has 2 aromatic heterocycles. The topological polar surface area (TPSA) is 51.4 Å². The van der Waals surface area contributed by atoms with Gasteiger partial charge in [-0.3, -0.25) is 0 Å². The Morgan fingerprint density at radius 1 is 1.00 bits per heavy atom. The molecule has 4 aromatic rings. The number of rotatable bonds is 6. The van der Waals surface area contributed by atoms with Crippen LogP contribution in [-0.4, -0.2) is 42.1 Å². The molecule has 0 saturated heterocycles. The molecule has 4 rings (SSSR count). The summed E-state index contributed by atoms with van der Waals surface area (Å²) in [6.07, 6.45) is -3.58. The van der Waals surface area contributed by atoms with E-state index in [0.29, 0.717) is 34.7 Å². The summed E-state index contributed by atoms with van der Waals surface area (Å²) in [5.74, 6) is 0.569. The van der Waals surface area contributed by atoms with Gasteiger partial charge in [0.25, 0.3) is 0 Å². The van der Waals surface area contributed by atoms with Crippen molar-refractivity contribution in [3.8, 4) is 17.3 Å². The van der Waals surface area contributed by atoms with Crippen molar-refractivity contribution >= 4 is 22.0 Å². The molecule has 0 aliphatic rings. The van der Waals surface area contributed by atoms with Crippen molar-refractivity contribution in [1.29, 1.82) is 0 Å². The van der Waals surface area contributed by atoms with E-state index < -0.39 is 11.7 Å². The molecular formula is C22H20F3N3O2. The number of ether oxygens (including phenoxy) is 1. The SMILES string of the molecule is CN(C)CCCOc1nc2ccccc2c2oc(-c3ccc(C(F)(F)F)cc3)nc12. The summed E-state index contributed by atoms with van der Waals surface area (Å²) in [5, 5.41) is 0.763. The average Bonchev–Trinajstić information content (AvgIpc) is 3.16. The van der Waals surface area contributed by atoms with Crippen molar-refractivity contribution in [2.75, 3.05) is 27.2 Å². The van der Waals surface area contributed by atoms with Crippen molar-refractivity contribution in [3.63, 3.8) is 0 Å². The van der Waals surface area contributed by atoms with Gasteiger partial charge in [0.15, 0.2) is 11.1 Å². The molecule has 0 bridgehead atoms. The zero-order valence-corrected chi connectivity index (χ0v) is 16.5. The fourth-order valence-corrected chi connectivity index (χ4v) is 3.15. The summed E-state index contributed by atoms with van der Waals surface area (Å²) in [5.41, 5.74) is 1.37. The van der Waals surface area contributed by atoms with Crippen LogP contribution in [0.3, 0.4) is 0 Å². The zero-order valence-electron chi connectivity index (χ0n) is 16.5. The molecule has 0 fully saturated rings. The summed E-state index contributed by atoms with van der Waals surface area (Å²) in [6.45, 7) is 1.33. The number of nitrogens with zero attached hydrogens (tertiary/aromatic N) is 3. The van der Waals surface area contributed by atoms with Gasteiger partial charge in [-0.1, -0.05) is 12.1 Å². The summed E-state index contributed by atoms with van der Waals surface area (Å²) in [6, 6.07) is 12.2. The number of para-hydroxylation sites is 1. The number of hydrogen-bond acceptors (Lipinski definition) is 5. The molecule has 30 heavy (non-hydrogen) atoms. The second kappa shape index (κ2) is 7.95. The number of oxazole rings is 1. The van der Waals surface area contributed by atoms with Crippen LogP contribution in [0.2, 0.25) is 0 Å². The molecule has 2 heterocycles. The molecule has 0 aliphatic heterocycles. The van der Waals surface area contributed by atoms with Crippen LogP contribution in [0.15, 0.2) is 52.9 Å². The normalized spacial score (nSPS) is 12.2. The average molecular weight is 415 g/mol. The third-order valence-corrected chi connectivity index (χ3v) is 4.65. The number of alkyl halides is 3. The number of fused-ring (bicyclic) bond motifs is 3. The Balaban J connectivity index is 1.74. The first-order valence-electron chi connectivity index (χ1n) is 9.47. The summed E-state index contributed by atoms with van der Waals surface area (Å²) < 4.78 is 50.4. The molecule has 0 amide bonds. The molecule has 0 unspecified atom stereocenters. The van der Waals surface area contributed by atoms with Crippen LogP contribution in [0, 0.1) is 0 Å². The highest BCUT2D eigenvalue weighted by molar-refractivity contribution is 6.03. The molecule has 8 heteroatoms. The monoisotopic (exact) mass is 415 g/mol. The van der Waals surface area contributed by atoms with E-state index in [0.717, 1.165) is 30.5 Å². The minimum atomic E-state index is -4.40. The summed E-state index contributed by atoms with van der Waals surface area (Å²) in [7, 11) is 3.97. The molecular weight excluding hydrogens is 395 g/mol. The van der Waals surface area contributed by atoms with E-state index in [1.54, 1.807) is 0 Å². The van der Waals surface area contributed by atoms with Crippen molar-refractivity contribution < 1.29 is 22.3 Å². The number of aromatic nitrogens is 2. The predicted octanol–water partition coefficient (Wildman–Crippen LogP) is 5.39.